The van der Waals surface area contributed by atoms with Gasteiger partial charge in [-0.25, -0.2) is 0 Å². The molecule has 2 bridgehead atoms. The second-order valence-electron chi connectivity index (χ2n) is 14.1. The number of aryl methyl sites for hydroxylation is 2. The molecular weight excluding hydrogens is 678 g/mol. The van der Waals surface area contributed by atoms with E-state index in [0.717, 1.165) is 16.8 Å². The highest BCUT2D eigenvalue weighted by Gasteiger charge is 2.40. The Morgan fingerprint density at radius 2 is 1.72 bits per heavy atom. The van der Waals surface area contributed by atoms with Crippen LogP contribution >= 0.6 is 0 Å². The van der Waals surface area contributed by atoms with Crippen molar-refractivity contribution < 1.29 is 33.4 Å². The number of hydrogen-bond donors (Lipinski definition) is 3. The lowest BCUT2D eigenvalue weighted by atomic mass is 9.93. The van der Waals surface area contributed by atoms with Crippen LogP contribution in [0.2, 0.25) is 0 Å². The standard InChI is InChI=1S/C39H51N7O7/c1-6-46-34(18-26(4)43-46)39(51)45-21-30-28-13-10-14-29(20-28)53-24-36(48)41-32(17-25(2)3)38(50)44(15-16-52-5)23-35(47)40-31(37(49)42-33(30)22-45)19-27-11-8-7-9-12-27/h7-14,18,20,25,30-33H,6,15-17,19,21-24H2,1-5H3,(H,40,47)(H,41,48)(H,42,49)/t30-,31+,32-,33+/m1/s1. The van der Waals surface area contributed by atoms with Gasteiger partial charge in [-0.05, 0) is 55.5 Å². The fourth-order valence-electron chi connectivity index (χ4n) is 6.93. The number of nitrogens with one attached hydrogen (secondary N) is 3. The third-order valence-corrected chi connectivity index (χ3v) is 9.50. The number of rotatable bonds is 9. The first kappa shape index (κ1) is 39.0. The molecule has 284 valence electrons. The van der Waals surface area contributed by atoms with Crippen LogP contribution in [-0.2, 0) is 36.9 Å². The average Bonchev–Trinajstić information content (AvgIpc) is 3.74. The minimum Gasteiger partial charge on any atom is -0.484 e. The predicted octanol–water partition coefficient (Wildman–Crippen LogP) is 2.06. The van der Waals surface area contributed by atoms with Crippen molar-refractivity contribution in [2.45, 2.75) is 71.1 Å². The van der Waals surface area contributed by atoms with E-state index >= 15 is 0 Å². The number of ether oxygens (including phenoxy) is 2. The monoisotopic (exact) mass is 729 g/mol. The highest BCUT2D eigenvalue weighted by Crippen LogP contribution is 2.31. The van der Waals surface area contributed by atoms with E-state index in [2.05, 4.69) is 21.0 Å². The normalized spacial score (nSPS) is 21.6. The lowest BCUT2D eigenvalue weighted by molar-refractivity contribution is -0.141. The molecule has 0 radical (unpaired) electrons. The van der Waals surface area contributed by atoms with Crippen LogP contribution in [0.1, 0.15) is 60.4 Å². The molecule has 3 N–H and O–H groups in total. The van der Waals surface area contributed by atoms with Gasteiger partial charge in [0.25, 0.3) is 11.8 Å². The van der Waals surface area contributed by atoms with Gasteiger partial charge in [-0.15, -0.1) is 0 Å². The molecule has 2 aliphatic heterocycles. The summed E-state index contributed by atoms with van der Waals surface area (Å²) >= 11 is 0. The maximum absolute atomic E-state index is 14.3. The molecule has 0 spiro atoms. The molecule has 5 amide bonds. The van der Waals surface area contributed by atoms with Gasteiger partial charge in [-0.2, -0.15) is 5.10 Å². The van der Waals surface area contributed by atoms with E-state index in [0.29, 0.717) is 31.0 Å². The number of carbonyl (C=O) groups is 5. The molecule has 0 unspecified atom stereocenters. The summed E-state index contributed by atoms with van der Waals surface area (Å²) in [5, 5.41) is 13.3. The summed E-state index contributed by atoms with van der Waals surface area (Å²) in [5.41, 5.74) is 2.82. The Balaban J connectivity index is 1.51. The molecule has 2 aromatic carbocycles. The quantitative estimate of drug-likeness (QED) is 0.302. The van der Waals surface area contributed by atoms with Gasteiger partial charge in [-0.3, -0.25) is 28.7 Å². The molecule has 1 fully saturated rings. The van der Waals surface area contributed by atoms with E-state index in [4.69, 9.17) is 9.47 Å². The molecule has 14 heteroatoms. The largest absolute Gasteiger partial charge is 0.484 e. The van der Waals surface area contributed by atoms with E-state index in [1.807, 2.05) is 64.1 Å². The van der Waals surface area contributed by atoms with Gasteiger partial charge in [0.15, 0.2) is 6.61 Å². The van der Waals surface area contributed by atoms with E-state index in [-0.39, 0.29) is 57.0 Å². The van der Waals surface area contributed by atoms with Crippen LogP contribution in [0.3, 0.4) is 0 Å². The summed E-state index contributed by atoms with van der Waals surface area (Å²) in [7, 11) is 1.50. The van der Waals surface area contributed by atoms with Crippen molar-refractivity contribution in [1.29, 1.82) is 0 Å². The number of nitrogens with zero attached hydrogens (tertiary/aromatic N) is 4. The molecular formula is C39H51N7O7. The van der Waals surface area contributed by atoms with Gasteiger partial charge in [0.05, 0.1) is 24.9 Å². The molecule has 3 heterocycles. The Hall–Kier alpha value is -5.24. The van der Waals surface area contributed by atoms with Crippen molar-refractivity contribution in [2.24, 2.45) is 5.92 Å². The summed E-state index contributed by atoms with van der Waals surface area (Å²) in [6.45, 7) is 8.21. The number of hydrogen-bond acceptors (Lipinski definition) is 8. The number of likely N-dealkylation sites (tertiary alicyclic amines) is 1. The molecule has 3 aromatic rings. The van der Waals surface area contributed by atoms with Crippen LogP contribution in [0, 0.1) is 12.8 Å². The number of carbonyl (C=O) groups excluding carboxylic acids is 5. The van der Waals surface area contributed by atoms with Crippen LogP contribution < -0.4 is 20.7 Å². The second-order valence-corrected chi connectivity index (χ2v) is 14.1. The fourth-order valence-corrected chi connectivity index (χ4v) is 6.93. The molecule has 14 nitrogen and oxygen atoms in total. The average molecular weight is 730 g/mol. The zero-order valence-corrected chi connectivity index (χ0v) is 31.2. The molecule has 0 aliphatic carbocycles. The summed E-state index contributed by atoms with van der Waals surface area (Å²) in [4.78, 5) is 72.2. The van der Waals surface area contributed by atoms with Gasteiger partial charge in [0.2, 0.25) is 17.7 Å². The molecule has 1 aromatic heterocycles. The maximum Gasteiger partial charge on any atom is 0.272 e. The number of benzene rings is 2. The first-order valence-electron chi connectivity index (χ1n) is 18.2. The van der Waals surface area contributed by atoms with Crippen molar-refractivity contribution in [1.82, 2.24) is 35.5 Å². The Labute approximate surface area is 310 Å². The number of amides is 5. The highest BCUT2D eigenvalue weighted by atomic mass is 16.5. The summed E-state index contributed by atoms with van der Waals surface area (Å²) in [6.07, 6.45) is 0.524. The van der Waals surface area contributed by atoms with Gasteiger partial charge in [0, 0.05) is 45.6 Å². The Morgan fingerprint density at radius 3 is 2.43 bits per heavy atom. The smallest absolute Gasteiger partial charge is 0.272 e. The molecule has 1 saturated heterocycles. The van der Waals surface area contributed by atoms with Crippen molar-refractivity contribution in [2.75, 3.05) is 46.5 Å². The van der Waals surface area contributed by atoms with Crippen molar-refractivity contribution in [3.8, 4) is 5.75 Å². The Bertz CT molecular complexity index is 1760. The summed E-state index contributed by atoms with van der Waals surface area (Å²) in [5.74, 6) is -1.96. The minimum atomic E-state index is -1.00. The zero-order chi connectivity index (χ0) is 38.1. The van der Waals surface area contributed by atoms with E-state index in [9.17, 15) is 24.0 Å². The molecule has 53 heavy (non-hydrogen) atoms. The van der Waals surface area contributed by atoms with Gasteiger partial charge < -0.3 is 35.2 Å². The Kier molecular flexibility index (Phi) is 13.2. The van der Waals surface area contributed by atoms with Gasteiger partial charge in [0.1, 0.15) is 23.5 Å². The molecule has 5 rings (SSSR count). The molecule has 4 atom stereocenters. The van der Waals surface area contributed by atoms with E-state index in [1.54, 1.807) is 33.8 Å². The molecule has 2 aliphatic rings. The lowest BCUT2D eigenvalue weighted by Crippen LogP contribution is -2.56. The topological polar surface area (TPSA) is 164 Å². The van der Waals surface area contributed by atoms with Crippen LogP contribution in [-0.4, -0.2) is 114 Å². The van der Waals surface area contributed by atoms with Crippen LogP contribution in [0.15, 0.2) is 60.7 Å². The van der Waals surface area contributed by atoms with Crippen molar-refractivity contribution in [3.05, 3.63) is 83.2 Å². The third-order valence-electron chi connectivity index (χ3n) is 9.50. The second kappa shape index (κ2) is 18.0. The molecule has 0 saturated carbocycles. The first-order chi connectivity index (χ1) is 25.4. The predicted molar refractivity (Wildman–Crippen MR) is 197 cm³/mol. The van der Waals surface area contributed by atoms with Crippen LogP contribution in [0.4, 0.5) is 0 Å². The van der Waals surface area contributed by atoms with Gasteiger partial charge >= 0.3 is 0 Å². The lowest BCUT2D eigenvalue weighted by Gasteiger charge is -2.29. The Morgan fingerprint density at radius 1 is 0.962 bits per heavy atom. The summed E-state index contributed by atoms with van der Waals surface area (Å²) < 4.78 is 12.8. The van der Waals surface area contributed by atoms with Crippen LogP contribution in [0.5, 0.6) is 5.75 Å². The highest BCUT2D eigenvalue weighted by molar-refractivity contribution is 5.94. The summed E-state index contributed by atoms with van der Waals surface area (Å²) in [6, 6.07) is 15.9. The van der Waals surface area contributed by atoms with Gasteiger partial charge in [-0.1, -0.05) is 56.3 Å². The zero-order valence-electron chi connectivity index (χ0n) is 31.2. The number of methoxy groups -OCH3 is 1. The fraction of sp³-hybridized carbons (Fsp3) is 0.487. The number of fused-ring (bicyclic) bond motifs is 4. The van der Waals surface area contributed by atoms with E-state index in [1.165, 1.54) is 12.0 Å². The van der Waals surface area contributed by atoms with Crippen LogP contribution in [0.25, 0.3) is 0 Å². The van der Waals surface area contributed by atoms with Crippen molar-refractivity contribution >= 4 is 29.5 Å². The van der Waals surface area contributed by atoms with Crippen molar-refractivity contribution in [3.63, 3.8) is 0 Å². The minimum absolute atomic E-state index is 0.0501. The third kappa shape index (κ3) is 10.2. The number of aromatic nitrogens is 2. The SMILES string of the molecule is CCn1nc(C)cc1C(=O)N1C[C@@H]2NC(=O)[C@H](Cc3ccccc3)NC(=O)CN(CCOC)C(=O)[C@@H](CC(C)C)NC(=O)COc3cccc(c3)[C@H]2C1. The van der Waals surface area contributed by atoms with E-state index < -0.39 is 41.8 Å². The first-order valence-corrected chi connectivity index (χ1v) is 18.2. The maximum atomic E-state index is 14.3.